The van der Waals surface area contributed by atoms with Crippen molar-refractivity contribution in [3.63, 3.8) is 0 Å². The number of rotatable bonds is 2. The van der Waals surface area contributed by atoms with Gasteiger partial charge in [-0.15, -0.1) is 11.8 Å². The van der Waals surface area contributed by atoms with Crippen molar-refractivity contribution in [2.24, 2.45) is 0 Å². The molecule has 0 N–H and O–H groups in total. The zero-order valence-electron chi connectivity index (χ0n) is 9.08. The number of thioether (sulfide) groups is 1. The smallest absolute Gasteiger partial charge is 0.0148 e. The van der Waals surface area contributed by atoms with Crippen LogP contribution in [0.3, 0.4) is 0 Å². The summed E-state index contributed by atoms with van der Waals surface area (Å²) in [4.78, 5) is 1.29. The lowest BCUT2D eigenvalue weighted by Gasteiger charge is -2.06. The number of hydrogen-bond donors (Lipinski definition) is 0. The molecule has 1 heteroatoms. The number of aryl methyl sites for hydroxylation is 1. The summed E-state index contributed by atoms with van der Waals surface area (Å²) in [7, 11) is 0. The Hall–Kier alpha value is -1.21. The van der Waals surface area contributed by atoms with Crippen molar-refractivity contribution in [3.8, 4) is 0 Å². The van der Waals surface area contributed by atoms with Crippen molar-refractivity contribution < 1.29 is 0 Å². The summed E-state index contributed by atoms with van der Waals surface area (Å²) in [6.07, 6.45) is 4.02. The summed E-state index contributed by atoms with van der Waals surface area (Å²) in [6, 6.07) is 11.0. The minimum Gasteiger partial charge on any atom is -0.129 e. The second-order valence-corrected chi connectivity index (χ2v) is 4.50. The van der Waals surface area contributed by atoms with Gasteiger partial charge in [0.25, 0.3) is 0 Å². The zero-order chi connectivity index (χ0) is 10.8. The molecule has 0 atom stereocenters. The van der Waals surface area contributed by atoms with Crippen LogP contribution in [-0.4, -0.2) is 6.26 Å². The van der Waals surface area contributed by atoms with Crippen molar-refractivity contribution in [2.75, 3.05) is 6.26 Å². The van der Waals surface area contributed by atoms with E-state index in [9.17, 15) is 0 Å². The lowest BCUT2D eigenvalue weighted by Crippen LogP contribution is -1.82. The van der Waals surface area contributed by atoms with Gasteiger partial charge in [-0.1, -0.05) is 36.4 Å². The predicted molar refractivity (Wildman–Crippen MR) is 70.6 cm³/mol. The Balaban J connectivity index is 2.75. The van der Waals surface area contributed by atoms with Crippen LogP contribution in [0.4, 0.5) is 0 Å². The minimum absolute atomic E-state index is 1.22. The molecule has 0 radical (unpaired) electrons. The number of benzene rings is 2. The van der Waals surface area contributed by atoms with E-state index in [1.54, 1.807) is 11.8 Å². The van der Waals surface area contributed by atoms with Crippen LogP contribution in [0.25, 0.3) is 16.8 Å². The molecule has 15 heavy (non-hydrogen) atoms. The molecule has 2 aromatic carbocycles. The molecule has 0 amide bonds. The molecule has 0 bridgehead atoms. The van der Waals surface area contributed by atoms with Crippen LogP contribution in [0.5, 0.6) is 0 Å². The second-order valence-electron chi connectivity index (χ2n) is 3.65. The van der Waals surface area contributed by atoms with Gasteiger partial charge in [-0.3, -0.25) is 0 Å². The van der Waals surface area contributed by atoms with Gasteiger partial charge < -0.3 is 0 Å². The Morgan fingerprint density at radius 2 is 1.93 bits per heavy atom. The monoisotopic (exact) mass is 214 g/mol. The predicted octanol–water partition coefficient (Wildman–Crippen LogP) is 4.51. The van der Waals surface area contributed by atoms with Gasteiger partial charge in [0, 0.05) is 4.90 Å². The molecule has 0 aliphatic carbocycles. The van der Waals surface area contributed by atoms with E-state index in [1.807, 2.05) is 6.08 Å². The Bertz CT molecular complexity index is 512. The second kappa shape index (κ2) is 4.11. The van der Waals surface area contributed by atoms with Crippen molar-refractivity contribution in [2.45, 2.75) is 11.8 Å². The average Bonchev–Trinajstić information content (AvgIpc) is 2.27. The summed E-state index contributed by atoms with van der Waals surface area (Å²) < 4.78 is 0. The normalized spacial score (nSPS) is 10.5. The van der Waals surface area contributed by atoms with Crippen LogP contribution in [0.1, 0.15) is 11.1 Å². The molecule has 0 saturated carbocycles. The van der Waals surface area contributed by atoms with E-state index < -0.39 is 0 Å². The third-order valence-corrected chi connectivity index (χ3v) is 3.36. The fourth-order valence-electron chi connectivity index (χ4n) is 1.75. The first-order valence-corrected chi connectivity index (χ1v) is 6.18. The first-order valence-electron chi connectivity index (χ1n) is 4.95. The fraction of sp³-hybridized carbons (Fsp3) is 0.143. The first-order chi connectivity index (χ1) is 7.24. The van der Waals surface area contributed by atoms with Gasteiger partial charge in [-0.05, 0) is 41.6 Å². The maximum atomic E-state index is 3.85. The van der Waals surface area contributed by atoms with Crippen molar-refractivity contribution in [1.82, 2.24) is 0 Å². The Morgan fingerprint density at radius 3 is 2.60 bits per heavy atom. The fourth-order valence-corrected chi connectivity index (χ4v) is 2.37. The highest BCUT2D eigenvalue weighted by atomic mass is 32.2. The highest BCUT2D eigenvalue weighted by Gasteiger charge is 2.01. The average molecular weight is 214 g/mol. The van der Waals surface area contributed by atoms with Gasteiger partial charge in [0.15, 0.2) is 0 Å². The lowest BCUT2D eigenvalue weighted by atomic mass is 10.0. The van der Waals surface area contributed by atoms with E-state index in [2.05, 4.69) is 50.1 Å². The number of hydrogen-bond acceptors (Lipinski definition) is 1. The molecule has 0 saturated heterocycles. The maximum Gasteiger partial charge on any atom is 0.0148 e. The standard InChI is InChI=1S/C14H14S/c1-4-11-8-12-6-5-10(2)7-13(12)9-14(11)15-3/h4-9H,1H2,2-3H3. The van der Waals surface area contributed by atoms with Crippen LogP contribution >= 0.6 is 11.8 Å². The highest BCUT2D eigenvalue weighted by Crippen LogP contribution is 2.27. The molecule has 0 aromatic heterocycles. The molecule has 2 rings (SSSR count). The third-order valence-electron chi connectivity index (χ3n) is 2.56. The molecular weight excluding hydrogens is 200 g/mol. The van der Waals surface area contributed by atoms with Crippen molar-refractivity contribution in [3.05, 3.63) is 48.0 Å². The minimum atomic E-state index is 1.22. The Labute approximate surface area is 95.0 Å². The molecule has 0 nitrogen and oxygen atoms in total. The van der Waals surface area contributed by atoms with E-state index in [4.69, 9.17) is 0 Å². The molecule has 0 aliphatic heterocycles. The third kappa shape index (κ3) is 1.93. The van der Waals surface area contributed by atoms with Crippen LogP contribution in [0.15, 0.2) is 41.8 Å². The SMILES string of the molecule is C=Cc1cc2ccc(C)cc2cc1SC. The maximum absolute atomic E-state index is 3.85. The summed E-state index contributed by atoms with van der Waals surface area (Å²) in [5.41, 5.74) is 2.53. The summed E-state index contributed by atoms with van der Waals surface area (Å²) in [5, 5.41) is 2.60. The quantitative estimate of drug-likeness (QED) is 0.663. The van der Waals surface area contributed by atoms with Gasteiger partial charge in [-0.2, -0.15) is 0 Å². The zero-order valence-corrected chi connectivity index (χ0v) is 9.90. The van der Waals surface area contributed by atoms with Crippen LogP contribution in [-0.2, 0) is 0 Å². The molecule has 0 fully saturated rings. The topological polar surface area (TPSA) is 0 Å². The van der Waals surface area contributed by atoms with E-state index >= 15 is 0 Å². The van der Waals surface area contributed by atoms with Gasteiger partial charge in [0.2, 0.25) is 0 Å². The molecule has 0 unspecified atom stereocenters. The van der Waals surface area contributed by atoms with Gasteiger partial charge in [0.05, 0.1) is 0 Å². The molecule has 2 aromatic rings. The largest absolute Gasteiger partial charge is 0.129 e. The van der Waals surface area contributed by atoms with Gasteiger partial charge >= 0.3 is 0 Å². The van der Waals surface area contributed by atoms with Crippen molar-refractivity contribution in [1.29, 1.82) is 0 Å². The summed E-state index contributed by atoms with van der Waals surface area (Å²) in [6.45, 7) is 5.98. The van der Waals surface area contributed by atoms with Crippen LogP contribution in [0, 0.1) is 6.92 Å². The van der Waals surface area contributed by atoms with Gasteiger partial charge in [0.1, 0.15) is 0 Å². The molecule has 0 heterocycles. The molecule has 0 aliphatic rings. The first kappa shape index (κ1) is 10.3. The Kier molecular flexibility index (Phi) is 2.83. The molecule has 76 valence electrons. The van der Waals surface area contributed by atoms with E-state index in [0.717, 1.165) is 0 Å². The summed E-state index contributed by atoms with van der Waals surface area (Å²) >= 11 is 1.77. The molecule has 0 spiro atoms. The van der Waals surface area contributed by atoms with E-state index in [-0.39, 0.29) is 0 Å². The van der Waals surface area contributed by atoms with Crippen LogP contribution in [0.2, 0.25) is 0 Å². The summed E-state index contributed by atoms with van der Waals surface area (Å²) in [5.74, 6) is 0. The molecular formula is C14H14S. The number of fused-ring (bicyclic) bond motifs is 1. The lowest BCUT2D eigenvalue weighted by molar-refractivity contribution is 1.44. The van der Waals surface area contributed by atoms with E-state index in [1.165, 1.54) is 26.8 Å². The van der Waals surface area contributed by atoms with Crippen LogP contribution < -0.4 is 0 Å². The van der Waals surface area contributed by atoms with Crippen molar-refractivity contribution >= 4 is 28.6 Å². The van der Waals surface area contributed by atoms with E-state index in [0.29, 0.717) is 0 Å². The Morgan fingerprint density at radius 1 is 1.13 bits per heavy atom. The highest BCUT2D eigenvalue weighted by molar-refractivity contribution is 7.98. The van der Waals surface area contributed by atoms with Gasteiger partial charge in [-0.25, -0.2) is 0 Å².